The predicted octanol–water partition coefficient (Wildman–Crippen LogP) is 1.39. The van der Waals surface area contributed by atoms with Gasteiger partial charge in [0.05, 0.1) is 4.92 Å². The number of rotatable bonds is 3. The van der Waals surface area contributed by atoms with E-state index < -0.39 is 20.1 Å². The fourth-order valence-corrected chi connectivity index (χ4v) is 5.02. The van der Waals surface area contributed by atoms with Crippen molar-refractivity contribution in [1.29, 1.82) is 5.26 Å². The number of nitrogens with zero attached hydrogens (tertiary/aromatic N) is 3. The predicted molar refractivity (Wildman–Crippen MR) is 81.1 cm³/mol. The highest BCUT2D eigenvalue weighted by Gasteiger charge is 2.32. The van der Waals surface area contributed by atoms with E-state index in [0.717, 1.165) is 12.0 Å². The summed E-state index contributed by atoms with van der Waals surface area (Å²) in [7, 11) is -3.30. The van der Waals surface area contributed by atoms with Crippen LogP contribution in [0.3, 0.4) is 0 Å². The summed E-state index contributed by atoms with van der Waals surface area (Å²) in [5.74, 6) is 1.17. The van der Waals surface area contributed by atoms with Gasteiger partial charge in [0, 0.05) is 36.1 Å². The SMILES string of the molecule is CS(=O)(=O)C1CSCCN1c1ccc(C#N)c([N+](=O)[O-])c1. The normalized spacial score (nSPS) is 19.0. The van der Waals surface area contributed by atoms with E-state index in [9.17, 15) is 18.5 Å². The maximum atomic E-state index is 11.9. The van der Waals surface area contributed by atoms with Crippen molar-refractivity contribution in [3.63, 3.8) is 0 Å². The molecule has 0 bridgehead atoms. The van der Waals surface area contributed by atoms with Gasteiger partial charge in [-0.05, 0) is 12.1 Å². The zero-order valence-electron chi connectivity index (χ0n) is 11.2. The van der Waals surface area contributed by atoms with Crippen molar-refractivity contribution >= 4 is 33.0 Å². The fraction of sp³-hybridized carbons (Fsp3) is 0.417. The van der Waals surface area contributed by atoms with Crippen LogP contribution in [0.25, 0.3) is 0 Å². The second-order valence-corrected chi connectivity index (χ2v) is 7.98. The Morgan fingerprint density at radius 1 is 1.52 bits per heavy atom. The molecule has 0 amide bonds. The number of nitriles is 1. The molecule has 7 nitrogen and oxygen atoms in total. The van der Waals surface area contributed by atoms with Gasteiger partial charge in [0.2, 0.25) is 0 Å². The van der Waals surface area contributed by atoms with Gasteiger partial charge in [-0.2, -0.15) is 17.0 Å². The molecule has 1 aromatic carbocycles. The van der Waals surface area contributed by atoms with Crippen LogP contribution in [0.1, 0.15) is 5.56 Å². The van der Waals surface area contributed by atoms with Crippen LogP contribution in [0.2, 0.25) is 0 Å². The van der Waals surface area contributed by atoms with Gasteiger partial charge in [-0.3, -0.25) is 10.1 Å². The number of sulfone groups is 1. The molecule has 1 atom stereocenters. The fourth-order valence-electron chi connectivity index (χ4n) is 2.18. The molecule has 21 heavy (non-hydrogen) atoms. The third-order valence-corrected chi connectivity index (χ3v) is 5.85. The van der Waals surface area contributed by atoms with E-state index in [1.165, 1.54) is 23.9 Å². The van der Waals surface area contributed by atoms with E-state index in [1.54, 1.807) is 17.0 Å². The molecule has 0 N–H and O–H groups in total. The summed E-state index contributed by atoms with van der Waals surface area (Å²) in [6, 6.07) is 5.95. The molecular weight excluding hydrogens is 314 g/mol. The standard InChI is InChI=1S/C12H13N3O4S2/c1-21(18,19)12-8-20-5-4-14(12)10-3-2-9(7-13)11(6-10)15(16)17/h2-3,6,12H,4-5,8H2,1H3. The number of thioether (sulfide) groups is 1. The molecule has 9 heteroatoms. The van der Waals surface area contributed by atoms with Crippen LogP contribution in [0.15, 0.2) is 18.2 Å². The molecule has 1 aromatic rings. The van der Waals surface area contributed by atoms with Gasteiger partial charge in [-0.1, -0.05) is 0 Å². The topological polar surface area (TPSA) is 104 Å². The van der Waals surface area contributed by atoms with Crippen LogP contribution in [-0.2, 0) is 9.84 Å². The molecule has 2 rings (SSSR count). The molecule has 1 aliphatic rings. The van der Waals surface area contributed by atoms with Crippen molar-refractivity contribution < 1.29 is 13.3 Å². The van der Waals surface area contributed by atoms with Gasteiger partial charge in [0.1, 0.15) is 17.0 Å². The first-order valence-electron chi connectivity index (χ1n) is 6.06. The molecule has 0 spiro atoms. The summed E-state index contributed by atoms with van der Waals surface area (Å²) in [6.45, 7) is 0.492. The number of hydrogen-bond acceptors (Lipinski definition) is 7. The Balaban J connectivity index is 2.47. The quantitative estimate of drug-likeness (QED) is 0.610. The Hall–Kier alpha value is -1.79. The zero-order valence-corrected chi connectivity index (χ0v) is 12.9. The van der Waals surface area contributed by atoms with Gasteiger partial charge in [-0.15, -0.1) is 0 Å². The summed E-state index contributed by atoms with van der Waals surface area (Å²) < 4.78 is 23.7. The van der Waals surface area contributed by atoms with Crippen LogP contribution < -0.4 is 4.90 Å². The van der Waals surface area contributed by atoms with E-state index in [0.29, 0.717) is 18.0 Å². The van der Waals surface area contributed by atoms with Crippen molar-refractivity contribution in [1.82, 2.24) is 0 Å². The second kappa shape index (κ2) is 5.91. The van der Waals surface area contributed by atoms with Crippen LogP contribution >= 0.6 is 11.8 Å². The summed E-state index contributed by atoms with van der Waals surface area (Å²) in [6.07, 6.45) is 1.16. The van der Waals surface area contributed by atoms with Gasteiger partial charge < -0.3 is 4.90 Å². The Morgan fingerprint density at radius 2 is 2.24 bits per heavy atom. The third-order valence-electron chi connectivity index (χ3n) is 3.21. The molecule has 1 saturated heterocycles. The van der Waals surface area contributed by atoms with Crippen LogP contribution in [0.4, 0.5) is 11.4 Å². The Labute approximate surface area is 126 Å². The lowest BCUT2D eigenvalue weighted by Gasteiger charge is -2.35. The molecular formula is C12H13N3O4S2. The van der Waals surface area contributed by atoms with Crippen molar-refractivity contribution in [3.8, 4) is 6.07 Å². The number of nitro groups is 1. The maximum absolute atomic E-state index is 11.9. The molecule has 0 saturated carbocycles. The van der Waals surface area contributed by atoms with E-state index in [4.69, 9.17) is 5.26 Å². The summed E-state index contributed by atoms with van der Waals surface area (Å²) in [5, 5.41) is 19.2. The molecule has 1 heterocycles. The smallest absolute Gasteiger partial charge is 0.289 e. The van der Waals surface area contributed by atoms with E-state index >= 15 is 0 Å². The highest BCUT2D eigenvalue weighted by atomic mass is 32.2. The third kappa shape index (κ3) is 3.28. The Kier molecular flexibility index (Phi) is 4.39. The minimum absolute atomic E-state index is 0.0361. The lowest BCUT2D eigenvalue weighted by atomic mass is 10.1. The summed E-state index contributed by atoms with van der Waals surface area (Å²) >= 11 is 1.54. The molecule has 0 aliphatic carbocycles. The Morgan fingerprint density at radius 3 is 2.81 bits per heavy atom. The average Bonchev–Trinajstić information content (AvgIpc) is 2.45. The lowest BCUT2D eigenvalue weighted by Crippen LogP contribution is -2.47. The average molecular weight is 327 g/mol. The summed E-state index contributed by atoms with van der Waals surface area (Å²) in [4.78, 5) is 12.0. The molecule has 112 valence electrons. The molecule has 1 aliphatic heterocycles. The van der Waals surface area contributed by atoms with E-state index in [1.807, 2.05) is 0 Å². The molecule has 1 fully saturated rings. The second-order valence-electron chi connectivity index (χ2n) is 4.62. The number of anilines is 1. The lowest BCUT2D eigenvalue weighted by molar-refractivity contribution is -0.385. The van der Waals surface area contributed by atoms with Gasteiger partial charge >= 0.3 is 0 Å². The van der Waals surface area contributed by atoms with Gasteiger partial charge in [0.25, 0.3) is 5.69 Å². The highest BCUT2D eigenvalue weighted by molar-refractivity contribution is 8.01. The van der Waals surface area contributed by atoms with Crippen LogP contribution in [-0.4, -0.2) is 43.0 Å². The summed E-state index contributed by atoms with van der Waals surface area (Å²) in [5.41, 5.74) is 0.114. The van der Waals surface area contributed by atoms with Gasteiger partial charge in [0.15, 0.2) is 9.84 Å². The van der Waals surface area contributed by atoms with Crippen LogP contribution in [0.5, 0.6) is 0 Å². The van der Waals surface area contributed by atoms with Gasteiger partial charge in [-0.25, -0.2) is 8.42 Å². The minimum atomic E-state index is -3.30. The van der Waals surface area contributed by atoms with E-state index in [-0.39, 0.29) is 11.3 Å². The molecule has 0 radical (unpaired) electrons. The van der Waals surface area contributed by atoms with E-state index in [2.05, 4.69) is 0 Å². The molecule has 0 aromatic heterocycles. The first-order valence-corrected chi connectivity index (χ1v) is 9.17. The monoisotopic (exact) mass is 327 g/mol. The maximum Gasteiger partial charge on any atom is 0.289 e. The molecule has 1 unspecified atom stereocenters. The first-order chi connectivity index (χ1) is 9.84. The van der Waals surface area contributed by atoms with Crippen molar-refractivity contribution in [2.24, 2.45) is 0 Å². The Bertz CT molecular complexity index is 712. The largest absolute Gasteiger partial charge is 0.353 e. The number of hydrogen-bond donors (Lipinski definition) is 0. The number of nitro benzene ring substituents is 1. The zero-order chi connectivity index (χ0) is 15.6. The minimum Gasteiger partial charge on any atom is -0.353 e. The highest BCUT2D eigenvalue weighted by Crippen LogP contribution is 2.30. The van der Waals surface area contributed by atoms with Crippen molar-refractivity contribution in [3.05, 3.63) is 33.9 Å². The van der Waals surface area contributed by atoms with Crippen molar-refractivity contribution in [2.45, 2.75) is 5.37 Å². The van der Waals surface area contributed by atoms with Crippen LogP contribution in [0, 0.1) is 21.4 Å². The first kappa shape index (κ1) is 15.6. The van der Waals surface area contributed by atoms with Crippen molar-refractivity contribution in [2.75, 3.05) is 29.2 Å². The number of benzene rings is 1.